The third kappa shape index (κ3) is 5.00. The van der Waals surface area contributed by atoms with Crippen molar-refractivity contribution in [1.29, 1.82) is 0 Å². The van der Waals surface area contributed by atoms with Crippen LogP contribution in [0.1, 0.15) is 19.8 Å². The monoisotopic (exact) mass is 432 g/mol. The predicted octanol–water partition coefficient (Wildman–Crippen LogP) is 2.49. The van der Waals surface area contributed by atoms with Gasteiger partial charge in [0.1, 0.15) is 30.0 Å². The van der Waals surface area contributed by atoms with Crippen molar-refractivity contribution >= 4 is 11.6 Å². The number of fused-ring (bicyclic) bond motifs is 1. The van der Waals surface area contributed by atoms with Crippen molar-refractivity contribution in [2.75, 3.05) is 31.6 Å². The maximum absolute atomic E-state index is 13.4. The Morgan fingerprint density at radius 3 is 2.71 bits per heavy atom. The molecule has 0 unspecified atom stereocenters. The fraction of sp³-hybridized carbons (Fsp3) is 0.409. The second kappa shape index (κ2) is 8.60. The molecule has 1 spiro atoms. The van der Waals surface area contributed by atoms with Gasteiger partial charge in [-0.05, 0) is 24.3 Å². The van der Waals surface area contributed by atoms with E-state index in [0.717, 1.165) is 0 Å². The van der Waals surface area contributed by atoms with Gasteiger partial charge in [0, 0.05) is 51.5 Å². The van der Waals surface area contributed by atoms with E-state index in [1.54, 1.807) is 6.07 Å². The molecule has 0 aliphatic carbocycles. The Kier molecular flexibility index (Phi) is 5.88. The van der Waals surface area contributed by atoms with Crippen LogP contribution in [0.15, 0.2) is 36.4 Å². The van der Waals surface area contributed by atoms with Gasteiger partial charge in [-0.15, -0.1) is 0 Å². The van der Waals surface area contributed by atoms with E-state index in [4.69, 9.17) is 14.2 Å². The van der Waals surface area contributed by atoms with Crippen LogP contribution < -0.4 is 19.5 Å². The van der Waals surface area contributed by atoms with E-state index >= 15 is 0 Å². The van der Waals surface area contributed by atoms with Crippen molar-refractivity contribution in [3.8, 4) is 23.0 Å². The first kappa shape index (κ1) is 21.2. The largest absolute Gasteiger partial charge is 0.508 e. The standard InChI is InChI=1S/C22H25FN2O6/c1-14(26)24-18-4-3-16(27)11-20(18)29-13-17(28)12-25-8-6-22(7-9-25)30-19-5-2-15(23)10-21(19)31-22/h2-5,10-11,17,27-28H,6-9,12-13H2,1H3,(H,24,26)/t17-/m0/s1. The maximum Gasteiger partial charge on any atom is 0.254 e. The Labute approximate surface area is 179 Å². The number of amides is 1. The zero-order valence-electron chi connectivity index (χ0n) is 17.1. The number of hydrogen-bond donors (Lipinski definition) is 3. The zero-order chi connectivity index (χ0) is 22.0. The first-order valence-corrected chi connectivity index (χ1v) is 10.1. The molecule has 0 saturated carbocycles. The number of phenols is 1. The maximum atomic E-state index is 13.4. The van der Waals surface area contributed by atoms with Crippen LogP contribution in [0.3, 0.4) is 0 Å². The Hall–Kier alpha value is -3.04. The zero-order valence-corrected chi connectivity index (χ0v) is 17.1. The minimum Gasteiger partial charge on any atom is -0.508 e. The summed E-state index contributed by atoms with van der Waals surface area (Å²) >= 11 is 0. The first-order valence-electron chi connectivity index (χ1n) is 10.1. The molecule has 2 aliphatic heterocycles. The average Bonchev–Trinajstić information content (AvgIpc) is 3.06. The van der Waals surface area contributed by atoms with Gasteiger partial charge < -0.3 is 34.6 Å². The number of nitrogens with one attached hydrogen (secondary N) is 1. The van der Waals surface area contributed by atoms with Crippen molar-refractivity contribution in [1.82, 2.24) is 4.90 Å². The van der Waals surface area contributed by atoms with Gasteiger partial charge >= 0.3 is 0 Å². The van der Waals surface area contributed by atoms with Crippen LogP contribution in [0.4, 0.5) is 10.1 Å². The number of aliphatic hydroxyl groups is 1. The number of aromatic hydroxyl groups is 1. The van der Waals surface area contributed by atoms with Gasteiger partial charge in [0.05, 0.1) is 5.69 Å². The van der Waals surface area contributed by atoms with Crippen LogP contribution in [0.5, 0.6) is 23.0 Å². The summed E-state index contributed by atoms with van der Waals surface area (Å²) in [5, 5.41) is 22.7. The number of benzene rings is 2. The number of nitrogens with zero attached hydrogens (tertiary/aromatic N) is 1. The Morgan fingerprint density at radius 2 is 1.97 bits per heavy atom. The van der Waals surface area contributed by atoms with E-state index < -0.39 is 11.9 Å². The highest BCUT2D eigenvalue weighted by atomic mass is 19.1. The smallest absolute Gasteiger partial charge is 0.254 e. The fourth-order valence-corrected chi connectivity index (χ4v) is 3.81. The van der Waals surface area contributed by atoms with Crippen LogP contribution in [-0.2, 0) is 4.79 Å². The van der Waals surface area contributed by atoms with Crippen molar-refractivity contribution in [3.63, 3.8) is 0 Å². The molecular formula is C22H25FN2O6. The third-order valence-corrected chi connectivity index (χ3v) is 5.29. The molecule has 2 aliphatic rings. The van der Waals surface area contributed by atoms with Gasteiger partial charge in [-0.2, -0.15) is 0 Å². The summed E-state index contributed by atoms with van der Waals surface area (Å²) < 4.78 is 30.9. The highest BCUT2D eigenvalue weighted by Crippen LogP contribution is 2.43. The van der Waals surface area contributed by atoms with Crippen LogP contribution in [-0.4, -0.2) is 59.2 Å². The number of carbonyl (C=O) groups is 1. The quantitative estimate of drug-likeness (QED) is 0.603. The van der Waals surface area contributed by atoms with Crippen molar-refractivity contribution in [2.45, 2.75) is 31.7 Å². The van der Waals surface area contributed by atoms with Crippen molar-refractivity contribution < 1.29 is 33.6 Å². The predicted molar refractivity (Wildman–Crippen MR) is 110 cm³/mol. The molecule has 1 fully saturated rings. The summed E-state index contributed by atoms with van der Waals surface area (Å²) in [4.78, 5) is 13.4. The van der Waals surface area contributed by atoms with Crippen LogP contribution in [0.25, 0.3) is 0 Å². The minimum absolute atomic E-state index is 0.00244. The summed E-state index contributed by atoms with van der Waals surface area (Å²) in [6.07, 6.45) is 0.380. The Bertz CT molecular complexity index is 961. The van der Waals surface area contributed by atoms with E-state index in [0.29, 0.717) is 49.7 Å². The molecule has 166 valence electrons. The lowest BCUT2D eigenvalue weighted by Gasteiger charge is -2.38. The molecule has 0 bridgehead atoms. The van der Waals surface area contributed by atoms with E-state index in [-0.39, 0.29) is 29.8 Å². The second-order valence-corrected chi connectivity index (χ2v) is 7.83. The minimum atomic E-state index is -0.789. The normalized spacial score (nSPS) is 18.0. The van der Waals surface area contributed by atoms with Crippen molar-refractivity contribution in [2.24, 2.45) is 0 Å². The lowest BCUT2D eigenvalue weighted by Crippen LogP contribution is -2.51. The molecule has 1 amide bonds. The number of aliphatic hydroxyl groups excluding tert-OH is 1. The van der Waals surface area contributed by atoms with Gasteiger partial charge in [-0.25, -0.2) is 4.39 Å². The molecule has 1 atom stereocenters. The number of piperidine rings is 1. The Morgan fingerprint density at radius 1 is 1.23 bits per heavy atom. The lowest BCUT2D eigenvalue weighted by molar-refractivity contribution is -0.122. The molecule has 2 heterocycles. The van der Waals surface area contributed by atoms with Gasteiger partial charge in [0.15, 0.2) is 11.5 Å². The summed E-state index contributed by atoms with van der Waals surface area (Å²) in [5.41, 5.74) is 0.420. The topological polar surface area (TPSA) is 100 Å². The highest BCUT2D eigenvalue weighted by Gasteiger charge is 2.44. The number of rotatable bonds is 6. The van der Waals surface area contributed by atoms with E-state index in [2.05, 4.69) is 10.2 Å². The molecule has 2 aromatic carbocycles. The molecule has 1 saturated heterocycles. The number of phenolic OH excluding ortho intramolecular Hbond substituents is 1. The molecule has 4 rings (SSSR count). The number of β-amino-alcohol motifs (C(OH)–C–C–N with tert-alkyl or cyclic N) is 1. The molecule has 3 N–H and O–H groups in total. The molecule has 0 radical (unpaired) electrons. The van der Waals surface area contributed by atoms with Gasteiger partial charge in [-0.1, -0.05) is 0 Å². The van der Waals surface area contributed by atoms with Crippen LogP contribution >= 0.6 is 0 Å². The molecule has 9 heteroatoms. The van der Waals surface area contributed by atoms with E-state index in [1.165, 1.54) is 37.3 Å². The number of halogens is 1. The Balaban J connectivity index is 1.27. The second-order valence-electron chi connectivity index (χ2n) is 7.83. The fourth-order valence-electron chi connectivity index (χ4n) is 3.81. The van der Waals surface area contributed by atoms with Gasteiger partial charge in [0.25, 0.3) is 5.79 Å². The summed E-state index contributed by atoms with van der Waals surface area (Å²) in [5.74, 6) is -0.176. The summed E-state index contributed by atoms with van der Waals surface area (Å²) in [7, 11) is 0. The van der Waals surface area contributed by atoms with E-state index in [1.807, 2.05) is 0 Å². The SMILES string of the molecule is CC(=O)Nc1ccc(O)cc1OC[C@@H](O)CN1CCC2(CC1)Oc1ccc(F)cc1O2. The number of anilines is 1. The molecule has 8 nitrogen and oxygen atoms in total. The first-order chi connectivity index (χ1) is 14.8. The molecular weight excluding hydrogens is 407 g/mol. The number of hydrogen-bond acceptors (Lipinski definition) is 7. The lowest BCUT2D eigenvalue weighted by atomic mass is 10.0. The van der Waals surface area contributed by atoms with Gasteiger partial charge in [-0.3, -0.25) is 4.79 Å². The highest BCUT2D eigenvalue weighted by molar-refractivity contribution is 5.90. The average molecular weight is 432 g/mol. The van der Waals surface area contributed by atoms with E-state index in [9.17, 15) is 19.4 Å². The summed E-state index contributed by atoms with van der Waals surface area (Å²) in [6, 6.07) is 8.61. The molecule has 31 heavy (non-hydrogen) atoms. The number of carbonyl (C=O) groups excluding carboxylic acids is 1. The van der Waals surface area contributed by atoms with Crippen molar-refractivity contribution in [3.05, 3.63) is 42.2 Å². The third-order valence-electron chi connectivity index (χ3n) is 5.29. The number of ether oxygens (including phenoxy) is 3. The molecule has 2 aromatic rings. The van der Waals surface area contributed by atoms with Gasteiger partial charge in [0.2, 0.25) is 5.91 Å². The van der Waals surface area contributed by atoms with Crippen LogP contribution in [0, 0.1) is 5.82 Å². The number of likely N-dealkylation sites (tertiary alicyclic amines) is 1. The summed E-state index contributed by atoms with van der Waals surface area (Å²) in [6.45, 7) is 3.02. The van der Waals surface area contributed by atoms with Crippen LogP contribution in [0.2, 0.25) is 0 Å². The molecule has 0 aromatic heterocycles.